The molecule has 2 aliphatic heterocycles. The van der Waals surface area contributed by atoms with Crippen LogP contribution in [-0.4, -0.2) is 6.71 Å². The molecule has 3 aliphatic rings. The minimum atomic E-state index is -0.215. The summed E-state index contributed by atoms with van der Waals surface area (Å²) in [6, 6.07) is 93.0. The van der Waals surface area contributed by atoms with Crippen LogP contribution in [0.2, 0.25) is 0 Å². The fourth-order valence-electron chi connectivity index (χ4n) is 14.5. The molecule has 2 heterocycles. The molecule has 11 aromatic rings. The predicted molar refractivity (Wildman–Crippen MR) is 384 cm³/mol. The van der Waals surface area contributed by atoms with Gasteiger partial charge in [0.25, 0.3) is 6.71 Å². The molecule has 0 spiro atoms. The van der Waals surface area contributed by atoms with Crippen LogP contribution in [0.5, 0.6) is 0 Å². The van der Waals surface area contributed by atoms with E-state index < -0.39 is 0 Å². The Morgan fingerprint density at radius 1 is 0.315 bits per heavy atom. The Bertz CT molecular complexity index is 4470. The molecular formula is C85H82BN3. The zero-order valence-corrected chi connectivity index (χ0v) is 54.5. The second-order valence-corrected chi connectivity index (χ2v) is 29.9. The summed E-state index contributed by atoms with van der Waals surface area (Å²) < 4.78 is 0. The van der Waals surface area contributed by atoms with E-state index >= 15 is 0 Å². The number of benzene rings is 11. The zero-order valence-electron chi connectivity index (χ0n) is 54.5. The molecule has 0 N–H and O–H groups in total. The average Bonchev–Trinajstić information content (AvgIpc) is 1.27. The van der Waals surface area contributed by atoms with E-state index in [1.54, 1.807) is 0 Å². The van der Waals surface area contributed by atoms with Crippen molar-refractivity contribution in [2.45, 2.75) is 124 Å². The van der Waals surface area contributed by atoms with Crippen LogP contribution in [0.4, 0.5) is 51.2 Å². The van der Waals surface area contributed by atoms with E-state index in [0.29, 0.717) is 0 Å². The number of hydrogen-bond acceptors (Lipinski definition) is 3. The topological polar surface area (TPSA) is 9.72 Å². The van der Waals surface area contributed by atoms with Crippen molar-refractivity contribution in [3.05, 3.63) is 276 Å². The first-order valence-electron chi connectivity index (χ1n) is 32.1. The third kappa shape index (κ3) is 9.91. The van der Waals surface area contributed by atoms with E-state index in [1.165, 1.54) is 111 Å². The highest BCUT2D eigenvalue weighted by molar-refractivity contribution is 7.00. The minimum Gasteiger partial charge on any atom is -0.311 e. The van der Waals surface area contributed by atoms with Gasteiger partial charge >= 0.3 is 0 Å². The Balaban J connectivity index is 1.05. The summed E-state index contributed by atoms with van der Waals surface area (Å²) in [4.78, 5) is 7.73. The van der Waals surface area contributed by atoms with E-state index in [9.17, 15) is 0 Å². The molecule has 1 aliphatic carbocycles. The second kappa shape index (κ2) is 21.0. The van der Waals surface area contributed by atoms with Crippen LogP contribution in [0.1, 0.15) is 130 Å². The van der Waals surface area contributed by atoms with Crippen molar-refractivity contribution < 1.29 is 0 Å². The summed E-state index contributed by atoms with van der Waals surface area (Å²) in [5, 5.41) is 0. The molecule has 0 unspecified atom stereocenters. The van der Waals surface area contributed by atoms with Crippen LogP contribution in [-0.2, 0) is 27.1 Å². The van der Waals surface area contributed by atoms with Gasteiger partial charge in [-0.05, 0) is 189 Å². The molecular weight excluding hydrogens is 1070 g/mol. The van der Waals surface area contributed by atoms with Gasteiger partial charge in [0.2, 0.25) is 0 Å². The first-order chi connectivity index (χ1) is 42.4. The first-order valence-corrected chi connectivity index (χ1v) is 32.1. The predicted octanol–water partition coefficient (Wildman–Crippen LogP) is 21.7. The molecule has 3 nitrogen and oxygen atoms in total. The van der Waals surface area contributed by atoms with Crippen LogP contribution in [0.15, 0.2) is 243 Å². The molecule has 0 saturated carbocycles. The van der Waals surface area contributed by atoms with Gasteiger partial charge in [-0.15, -0.1) is 0 Å². The molecule has 4 heteroatoms. The van der Waals surface area contributed by atoms with Crippen molar-refractivity contribution in [3.8, 4) is 44.5 Å². The van der Waals surface area contributed by atoms with Crippen molar-refractivity contribution in [1.29, 1.82) is 0 Å². The Labute approximate surface area is 530 Å². The van der Waals surface area contributed by atoms with E-state index in [-0.39, 0.29) is 33.8 Å². The third-order valence-electron chi connectivity index (χ3n) is 19.5. The largest absolute Gasteiger partial charge is 0.311 e. The number of nitrogens with zero attached hydrogens (tertiary/aromatic N) is 3. The maximum absolute atomic E-state index is 2.66. The maximum atomic E-state index is 2.66. The Morgan fingerprint density at radius 2 is 0.809 bits per heavy atom. The fourth-order valence-corrected chi connectivity index (χ4v) is 14.5. The quantitative estimate of drug-likeness (QED) is 0.140. The van der Waals surface area contributed by atoms with Gasteiger partial charge in [-0.3, -0.25) is 0 Å². The van der Waals surface area contributed by atoms with Crippen molar-refractivity contribution >= 4 is 74.3 Å². The highest BCUT2D eigenvalue weighted by atomic mass is 15.2. The fraction of sp³-hybridized carbons (Fsp3) is 0.224. The smallest absolute Gasteiger partial charge is 0.252 e. The number of anilines is 9. The highest BCUT2D eigenvalue weighted by Crippen LogP contribution is 2.54. The molecule has 440 valence electrons. The number of fused-ring (bicyclic) bond motifs is 7. The molecule has 0 amide bonds. The van der Waals surface area contributed by atoms with Crippen molar-refractivity contribution in [3.63, 3.8) is 0 Å². The second-order valence-electron chi connectivity index (χ2n) is 29.9. The summed E-state index contributed by atoms with van der Waals surface area (Å²) in [5.74, 6) is 0. The van der Waals surface area contributed by atoms with Gasteiger partial charge in [-0.25, -0.2) is 0 Å². The normalized spacial score (nSPS) is 14.0. The Morgan fingerprint density at radius 3 is 1.42 bits per heavy atom. The van der Waals surface area contributed by atoms with Crippen LogP contribution in [0, 0.1) is 0 Å². The molecule has 0 atom stereocenters. The molecule has 0 bridgehead atoms. The first kappa shape index (κ1) is 57.6. The standard InChI is InChI=1S/C85H82BN3/c1-81(2,3)59-35-42-63(43-36-59)87(64-44-37-60(38-45-64)82(4,5)6)66-46-47-72-76(54-66)89(74-49-39-61(83(7,8)9)51-70(74)56-26-19-16-20-27-56)78-53-62(84(10,11)12)52-77-80(78)86(72)73-50-58(55-24-17-15-18-25-55)34-48-75(73)88(77)65-40-32-57(33-41-65)67-29-23-30-69-68-28-21-22-31-71(68)85(13,14)79(67)69/h15-54H,1-14H3. The van der Waals surface area contributed by atoms with Crippen LogP contribution in [0.25, 0.3) is 44.5 Å². The molecule has 0 fully saturated rings. The molecule has 0 radical (unpaired) electrons. The van der Waals surface area contributed by atoms with Gasteiger partial charge < -0.3 is 14.7 Å². The monoisotopic (exact) mass is 1160 g/mol. The average molecular weight is 1160 g/mol. The summed E-state index contributed by atoms with van der Waals surface area (Å²) in [6.45, 7) is 32.6. The van der Waals surface area contributed by atoms with Gasteiger partial charge in [0.05, 0.1) is 5.69 Å². The number of hydrogen-bond donors (Lipinski definition) is 0. The van der Waals surface area contributed by atoms with Crippen molar-refractivity contribution in [1.82, 2.24) is 0 Å². The lowest BCUT2D eigenvalue weighted by atomic mass is 9.33. The van der Waals surface area contributed by atoms with E-state index in [4.69, 9.17) is 0 Å². The molecule has 11 aromatic carbocycles. The highest BCUT2D eigenvalue weighted by Gasteiger charge is 2.46. The van der Waals surface area contributed by atoms with Gasteiger partial charge in [0.1, 0.15) is 0 Å². The SMILES string of the molecule is CC(C)(C)c1ccc(N(c2ccc(C(C)(C)C)cc2)c2ccc3c(c2)N(c2ccc(C(C)(C)C)cc2-c2ccccc2)c2cc(C(C)(C)C)cc4c2B3c2cc(-c3ccccc3)ccc2N4c2ccc(-c3cccc4c3C(C)(C)c3ccccc3-4)cc2)cc1. The van der Waals surface area contributed by atoms with Gasteiger partial charge in [-0.1, -0.05) is 261 Å². The van der Waals surface area contributed by atoms with Gasteiger partial charge in [0, 0.05) is 56.5 Å². The lowest BCUT2D eigenvalue weighted by Crippen LogP contribution is -2.61. The summed E-state index contributed by atoms with van der Waals surface area (Å²) in [7, 11) is 0. The van der Waals surface area contributed by atoms with Gasteiger partial charge in [0.15, 0.2) is 0 Å². The van der Waals surface area contributed by atoms with Crippen LogP contribution < -0.4 is 31.1 Å². The third-order valence-corrected chi connectivity index (χ3v) is 19.5. The molecule has 14 rings (SSSR count). The van der Waals surface area contributed by atoms with E-state index in [0.717, 1.165) is 34.1 Å². The van der Waals surface area contributed by atoms with Gasteiger partial charge in [-0.2, -0.15) is 0 Å². The zero-order chi connectivity index (χ0) is 62.1. The molecule has 89 heavy (non-hydrogen) atoms. The lowest BCUT2D eigenvalue weighted by Gasteiger charge is -2.46. The minimum absolute atomic E-state index is 0.00427. The van der Waals surface area contributed by atoms with E-state index in [2.05, 4.69) is 354 Å². The summed E-state index contributed by atoms with van der Waals surface area (Å²) in [6.07, 6.45) is 0. The number of rotatable bonds is 8. The van der Waals surface area contributed by atoms with Crippen LogP contribution in [0.3, 0.4) is 0 Å². The van der Waals surface area contributed by atoms with Crippen molar-refractivity contribution in [2.24, 2.45) is 0 Å². The van der Waals surface area contributed by atoms with Crippen LogP contribution >= 0.6 is 0 Å². The Hall–Kier alpha value is -9.12. The van der Waals surface area contributed by atoms with E-state index in [1.807, 2.05) is 0 Å². The maximum Gasteiger partial charge on any atom is 0.252 e. The molecule has 0 saturated heterocycles. The Kier molecular flexibility index (Phi) is 13.6. The summed E-state index contributed by atoms with van der Waals surface area (Å²) in [5.41, 5.74) is 31.7. The summed E-state index contributed by atoms with van der Waals surface area (Å²) >= 11 is 0. The van der Waals surface area contributed by atoms with Crippen molar-refractivity contribution in [2.75, 3.05) is 14.7 Å². The molecule has 0 aromatic heterocycles. The lowest BCUT2D eigenvalue weighted by molar-refractivity contribution is 0.590.